The zero-order chi connectivity index (χ0) is 18.4. The normalized spacial score (nSPS) is 13.5. The number of nitrogens with one attached hydrogen (secondary N) is 2. The van der Waals surface area contributed by atoms with E-state index in [1.165, 1.54) is 0 Å². The highest BCUT2D eigenvalue weighted by atomic mass is 127. The van der Waals surface area contributed by atoms with Gasteiger partial charge in [0.2, 0.25) is 6.79 Å². The van der Waals surface area contributed by atoms with Crippen LogP contribution in [0.25, 0.3) is 0 Å². The molecule has 1 aliphatic heterocycles. The van der Waals surface area contributed by atoms with E-state index in [0.717, 1.165) is 34.3 Å². The van der Waals surface area contributed by atoms with Gasteiger partial charge >= 0.3 is 0 Å². The average Bonchev–Trinajstić information content (AvgIpc) is 3.11. The first-order valence-electron chi connectivity index (χ1n) is 8.71. The van der Waals surface area contributed by atoms with Gasteiger partial charge in [0.05, 0.1) is 6.54 Å². The van der Waals surface area contributed by atoms with Gasteiger partial charge in [0.1, 0.15) is 11.9 Å². The zero-order valence-electron chi connectivity index (χ0n) is 15.8. The second-order valence-electron chi connectivity index (χ2n) is 6.19. The Morgan fingerprint density at radius 1 is 1.15 bits per heavy atom. The summed E-state index contributed by atoms with van der Waals surface area (Å²) in [6.45, 7) is 5.65. The Balaban J connectivity index is 0.00000261. The lowest BCUT2D eigenvalue weighted by molar-refractivity contribution is 0.174. The molecule has 0 bridgehead atoms. The summed E-state index contributed by atoms with van der Waals surface area (Å²) in [6.07, 6.45) is 0.0141. The molecule has 1 aliphatic rings. The molecule has 2 aromatic rings. The highest BCUT2D eigenvalue weighted by Gasteiger charge is 2.13. The Bertz CT molecular complexity index is 783. The van der Waals surface area contributed by atoms with Crippen molar-refractivity contribution in [3.05, 3.63) is 53.6 Å². The van der Waals surface area contributed by atoms with Gasteiger partial charge in [-0.05, 0) is 43.2 Å². The molecule has 0 aromatic heterocycles. The first-order valence-corrected chi connectivity index (χ1v) is 8.71. The molecular weight excluding hydrogens is 457 g/mol. The third-order valence-electron chi connectivity index (χ3n) is 4.10. The standard InChI is InChI=1S/C20H25N3O3.HI/c1-14-6-4-5-7-17(14)26-15(2)11-22-20(21-3)23-12-16-8-9-18-19(10-16)25-13-24-18;/h4-10,15H,11-13H2,1-3H3,(H2,21,22,23);1H. The fourth-order valence-corrected chi connectivity index (χ4v) is 2.64. The van der Waals surface area contributed by atoms with Gasteiger partial charge < -0.3 is 24.8 Å². The van der Waals surface area contributed by atoms with Crippen molar-refractivity contribution in [2.45, 2.75) is 26.5 Å². The molecule has 1 atom stereocenters. The quantitative estimate of drug-likeness (QED) is 0.375. The van der Waals surface area contributed by atoms with Crippen molar-refractivity contribution in [3.63, 3.8) is 0 Å². The van der Waals surface area contributed by atoms with Gasteiger partial charge in [0, 0.05) is 13.6 Å². The van der Waals surface area contributed by atoms with E-state index in [4.69, 9.17) is 14.2 Å². The van der Waals surface area contributed by atoms with Gasteiger partial charge in [-0.1, -0.05) is 24.3 Å². The van der Waals surface area contributed by atoms with Crippen LogP contribution in [-0.4, -0.2) is 32.4 Å². The van der Waals surface area contributed by atoms with Crippen molar-refractivity contribution in [1.29, 1.82) is 0 Å². The number of halogens is 1. The first-order chi connectivity index (χ1) is 12.7. The van der Waals surface area contributed by atoms with Crippen molar-refractivity contribution in [1.82, 2.24) is 10.6 Å². The van der Waals surface area contributed by atoms with Crippen molar-refractivity contribution in [2.24, 2.45) is 4.99 Å². The fourth-order valence-electron chi connectivity index (χ4n) is 2.64. The number of ether oxygens (including phenoxy) is 3. The maximum absolute atomic E-state index is 5.98. The van der Waals surface area contributed by atoms with Crippen LogP contribution in [0.3, 0.4) is 0 Å². The topological polar surface area (TPSA) is 64.1 Å². The molecule has 0 aliphatic carbocycles. The molecule has 2 N–H and O–H groups in total. The molecule has 0 radical (unpaired) electrons. The Morgan fingerprint density at radius 3 is 2.70 bits per heavy atom. The summed E-state index contributed by atoms with van der Waals surface area (Å²) in [5.41, 5.74) is 2.23. The predicted molar refractivity (Wildman–Crippen MR) is 117 cm³/mol. The van der Waals surface area contributed by atoms with E-state index in [1.54, 1.807) is 7.05 Å². The average molecular weight is 483 g/mol. The Hall–Kier alpha value is -2.16. The zero-order valence-corrected chi connectivity index (χ0v) is 18.2. The minimum Gasteiger partial charge on any atom is -0.489 e. The van der Waals surface area contributed by atoms with Crippen LogP contribution in [-0.2, 0) is 6.54 Å². The maximum atomic E-state index is 5.98. The van der Waals surface area contributed by atoms with Crippen LogP contribution in [0.4, 0.5) is 0 Å². The molecule has 3 rings (SSSR count). The molecule has 0 spiro atoms. The Kier molecular flexibility index (Phi) is 8.02. The molecule has 1 heterocycles. The third-order valence-corrected chi connectivity index (χ3v) is 4.10. The predicted octanol–water partition coefficient (Wildman–Crippen LogP) is 3.47. The number of para-hydroxylation sites is 1. The lowest BCUT2D eigenvalue weighted by Crippen LogP contribution is -2.41. The van der Waals surface area contributed by atoms with E-state index in [-0.39, 0.29) is 36.9 Å². The molecule has 0 amide bonds. The number of guanidine groups is 1. The summed E-state index contributed by atoms with van der Waals surface area (Å²) < 4.78 is 16.7. The molecule has 2 aromatic carbocycles. The molecule has 0 saturated heterocycles. The van der Waals surface area contributed by atoms with Gasteiger partial charge in [0.15, 0.2) is 17.5 Å². The largest absolute Gasteiger partial charge is 0.489 e. The van der Waals surface area contributed by atoms with Crippen LogP contribution in [0.15, 0.2) is 47.5 Å². The molecule has 1 unspecified atom stereocenters. The number of aliphatic imine (C=N–C) groups is 1. The number of aryl methyl sites for hydroxylation is 1. The first kappa shape index (κ1) is 21.1. The van der Waals surface area contributed by atoms with E-state index in [1.807, 2.05) is 56.3 Å². The summed E-state index contributed by atoms with van der Waals surface area (Å²) in [5, 5.41) is 6.58. The lowest BCUT2D eigenvalue weighted by atomic mass is 10.2. The number of hydrogen-bond donors (Lipinski definition) is 2. The van der Waals surface area contributed by atoms with Crippen LogP contribution < -0.4 is 24.8 Å². The van der Waals surface area contributed by atoms with E-state index in [2.05, 4.69) is 15.6 Å². The molecule has 6 nitrogen and oxygen atoms in total. The summed E-state index contributed by atoms with van der Waals surface area (Å²) >= 11 is 0. The van der Waals surface area contributed by atoms with E-state index in [9.17, 15) is 0 Å². The second-order valence-corrected chi connectivity index (χ2v) is 6.19. The van der Waals surface area contributed by atoms with E-state index in [0.29, 0.717) is 13.1 Å². The third kappa shape index (κ3) is 5.92. The summed E-state index contributed by atoms with van der Waals surface area (Å²) in [7, 11) is 1.75. The molecule has 146 valence electrons. The van der Waals surface area contributed by atoms with E-state index < -0.39 is 0 Å². The maximum Gasteiger partial charge on any atom is 0.231 e. The monoisotopic (exact) mass is 483 g/mol. The van der Waals surface area contributed by atoms with Gasteiger partial charge in [-0.3, -0.25) is 4.99 Å². The summed E-state index contributed by atoms with van der Waals surface area (Å²) in [6, 6.07) is 13.9. The highest BCUT2D eigenvalue weighted by Crippen LogP contribution is 2.32. The summed E-state index contributed by atoms with van der Waals surface area (Å²) in [4.78, 5) is 4.26. The number of fused-ring (bicyclic) bond motifs is 1. The summed E-state index contributed by atoms with van der Waals surface area (Å²) in [5.74, 6) is 3.21. The molecular formula is C20H26IN3O3. The SMILES string of the molecule is CN=C(NCc1ccc2c(c1)OCO2)NCC(C)Oc1ccccc1C.I. The number of benzene rings is 2. The smallest absolute Gasteiger partial charge is 0.231 e. The molecule has 27 heavy (non-hydrogen) atoms. The van der Waals surface area contributed by atoms with Crippen LogP contribution in [0.2, 0.25) is 0 Å². The Labute approximate surface area is 177 Å². The minimum atomic E-state index is 0. The van der Waals surface area contributed by atoms with Crippen LogP contribution in [0.1, 0.15) is 18.1 Å². The molecule has 7 heteroatoms. The van der Waals surface area contributed by atoms with Crippen molar-refractivity contribution >= 4 is 29.9 Å². The fraction of sp³-hybridized carbons (Fsp3) is 0.350. The number of hydrogen-bond acceptors (Lipinski definition) is 4. The van der Waals surface area contributed by atoms with E-state index >= 15 is 0 Å². The van der Waals surface area contributed by atoms with Gasteiger partial charge in [0.25, 0.3) is 0 Å². The van der Waals surface area contributed by atoms with Crippen molar-refractivity contribution < 1.29 is 14.2 Å². The number of nitrogens with zero attached hydrogens (tertiary/aromatic N) is 1. The van der Waals surface area contributed by atoms with Gasteiger partial charge in [-0.2, -0.15) is 0 Å². The van der Waals surface area contributed by atoms with Crippen LogP contribution >= 0.6 is 24.0 Å². The minimum absolute atomic E-state index is 0. The van der Waals surface area contributed by atoms with Gasteiger partial charge in [-0.25, -0.2) is 0 Å². The molecule has 0 saturated carbocycles. The lowest BCUT2D eigenvalue weighted by Gasteiger charge is -2.19. The number of rotatable bonds is 6. The van der Waals surface area contributed by atoms with Crippen molar-refractivity contribution in [2.75, 3.05) is 20.4 Å². The highest BCUT2D eigenvalue weighted by molar-refractivity contribution is 14.0. The van der Waals surface area contributed by atoms with Crippen LogP contribution in [0.5, 0.6) is 17.2 Å². The van der Waals surface area contributed by atoms with Gasteiger partial charge in [-0.15, -0.1) is 24.0 Å². The molecule has 0 fully saturated rings. The van der Waals surface area contributed by atoms with Crippen molar-refractivity contribution in [3.8, 4) is 17.2 Å². The second kappa shape index (κ2) is 10.2. The van der Waals surface area contributed by atoms with Crippen LogP contribution in [0, 0.1) is 6.92 Å². The Morgan fingerprint density at radius 2 is 1.93 bits per heavy atom.